The first-order valence-electron chi connectivity index (χ1n) is 6.25. The van der Waals surface area contributed by atoms with Crippen molar-refractivity contribution in [3.63, 3.8) is 0 Å². The van der Waals surface area contributed by atoms with E-state index in [1.807, 2.05) is 26.0 Å². The van der Waals surface area contributed by atoms with Crippen molar-refractivity contribution in [3.8, 4) is 17.2 Å². The van der Waals surface area contributed by atoms with Crippen LogP contribution >= 0.6 is 0 Å². The van der Waals surface area contributed by atoms with E-state index < -0.39 is 0 Å². The molecule has 100 valence electrons. The van der Waals surface area contributed by atoms with Gasteiger partial charge in [0.2, 0.25) is 0 Å². The van der Waals surface area contributed by atoms with Crippen LogP contribution in [0.1, 0.15) is 11.1 Å². The molecule has 0 aliphatic carbocycles. The molecule has 1 N–H and O–H groups in total. The highest BCUT2D eigenvalue weighted by atomic mass is 16.3. The van der Waals surface area contributed by atoms with E-state index in [0.29, 0.717) is 22.4 Å². The molecule has 1 aromatic carbocycles. The second kappa shape index (κ2) is 4.49. The van der Waals surface area contributed by atoms with E-state index in [0.717, 1.165) is 11.1 Å². The van der Waals surface area contributed by atoms with E-state index in [9.17, 15) is 9.90 Å². The highest BCUT2D eigenvalue weighted by Crippen LogP contribution is 2.24. The molecule has 0 spiro atoms. The molecule has 0 saturated heterocycles. The monoisotopic (exact) mass is 267 g/mol. The van der Waals surface area contributed by atoms with Crippen LogP contribution in [-0.4, -0.2) is 10.1 Å². The lowest BCUT2D eigenvalue weighted by Gasteiger charge is -2.06. The number of fused-ring (bicyclic) bond motifs is 1. The van der Waals surface area contributed by atoms with Gasteiger partial charge in [0.1, 0.15) is 17.0 Å². The number of rotatable bonds is 1. The number of hydrogen-bond donors (Lipinski definition) is 1. The van der Waals surface area contributed by atoms with Crippen molar-refractivity contribution in [1.29, 1.82) is 0 Å². The van der Waals surface area contributed by atoms with Gasteiger partial charge in [-0.05, 0) is 43.2 Å². The number of pyridine rings is 1. The van der Waals surface area contributed by atoms with Crippen molar-refractivity contribution in [3.05, 3.63) is 57.9 Å². The minimum absolute atomic E-state index is 0.0728. The van der Waals surface area contributed by atoms with Crippen molar-refractivity contribution in [2.75, 3.05) is 0 Å². The maximum atomic E-state index is 12.2. The zero-order valence-electron chi connectivity index (χ0n) is 11.2. The predicted octanol–water partition coefficient (Wildman–Crippen LogP) is 3.18. The van der Waals surface area contributed by atoms with Gasteiger partial charge < -0.3 is 9.52 Å². The molecular formula is C16H13NO3. The molecule has 0 atom stereocenters. The first-order chi connectivity index (χ1) is 9.54. The Morgan fingerprint density at radius 1 is 1.15 bits per heavy atom. The smallest absolute Gasteiger partial charge is 0.193 e. The fraction of sp³-hybridized carbons (Fsp3) is 0.125. The summed E-state index contributed by atoms with van der Waals surface area (Å²) < 4.78 is 5.79. The minimum atomic E-state index is -0.0892. The lowest BCUT2D eigenvalue weighted by molar-refractivity contribution is 0.472. The molecule has 0 saturated carbocycles. The summed E-state index contributed by atoms with van der Waals surface area (Å²) >= 11 is 0. The average molecular weight is 267 g/mol. The number of aromatic hydroxyl groups is 1. The normalized spacial score (nSPS) is 10.9. The highest BCUT2D eigenvalue weighted by Gasteiger charge is 2.10. The largest absolute Gasteiger partial charge is 0.506 e. The third-order valence-electron chi connectivity index (χ3n) is 3.17. The predicted molar refractivity (Wildman–Crippen MR) is 76.9 cm³/mol. The summed E-state index contributed by atoms with van der Waals surface area (Å²) in [6, 6.07) is 8.35. The molecule has 0 bridgehead atoms. The lowest BCUT2D eigenvalue weighted by Crippen LogP contribution is -2.03. The Hall–Kier alpha value is -2.62. The van der Waals surface area contributed by atoms with Gasteiger partial charge in [-0.3, -0.25) is 4.79 Å². The molecule has 4 nitrogen and oxygen atoms in total. The first kappa shape index (κ1) is 12.4. The Kier molecular flexibility index (Phi) is 2.79. The number of aryl methyl sites for hydroxylation is 2. The van der Waals surface area contributed by atoms with Gasteiger partial charge in [-0.1, -0.05) is 6.07 Å². The Morgan fingerprint density at radius 2 is 1.95 bits per heavy atom. The number of benzene rings is 1. The Labute approximate surface area is 115 Å². The summed E-state index contributed by atoms with van der Waals surface area (Å²) in [6.07, 6.45) is 1.32. The third-order valence-corrected chi connectivity index (χ3v) is 3.17. The first-order valence-corrected chi connectivity index (χ1v) is 6.25. The number of hydrogen-bond acceptors (Lipinski definition) is 4. The number of nitrogens with zero attached hydrogens (tertiary/aromatic N) is 1. The fourth-order valence-corrected chi connectivity index (χ4v) is 2.32. The molecule has 2 heterocycles. The topological polar surface area (TPSA) is 63.3 Å². The van der Waals surface area contributed by atoms with Gasteiger partial charge in [-0.15, -0.1) is 0 Å². The Morgan fingerprint density at radius 3 is 2.65 bits per heavy atom. The van der Waals surface area contributed by atoms with Crippen molar-refractivity contribution in [2.45, 2.75) is 13.8 Å². The van der Waals surface area contributed by atoms with Gasteiger partial charge in [0.15, 0.2) is 11.2 Å². The SMILES string of the molecule is Cc1cc(C)c2c(=O)cc(-c3ccc(O)cn3)oc2c1. The molecular weight excluding hydrogens is 254 g/mol. The van der Waals surface area contributed by atoms with Crippen molar-refractivity contribution >= 4 is 11.0 Å². The molecule has 3 aromatic rings. The van der Waals surface area contributed by atoms with Crippen LogP contribution in [0.4, 0.5) is 0 Å². The molecule has 3 rings (SSSR count). The Balaban J connectivity index is 2.29. The molecule has 20 heavy (non-hydrogen) atoms. The molecule has 0 amide bonds. The van der Waals surface area contributed by atoms with E-state index in [2.05, 4.69) is 4.98 Å². The lowest BCUT2D eigenvalue weighted by atomic mass is 10.1. The summed E-state index contributed by atoms with van der Waals surface area (Å²) in [6.45, 7) is 3.85. The van der Waals surface area contributed by atoms with Gasteiger partial charge >= 0.3 is 0 Å². The van der Waals surface area contributed by atoms with Crippen LogP contribution in [0.25, 0.3) is 22.4 Å². The van der Waals surface area contributed by atoms with E-state index in [4.69, 9.17) is 4.42 Å². The van der Waals surface area contributed by atoms with Gasteiger partial charge in [-0.2, -0.15) is 0 Å². The standard InChI is InChI=1S/C16H13NO3/c1-9-5-10(2)16-13(19)7-14(20-15(16)6-9)12-4-3-11(18)8-17-12/h3-8,18H,1-2H3. The van der Waals surface area contributed by atoms with Gasteiger partial charge in [-0.25, -0.2) is 4.98 Å². The van der Waals surface area contributed by atoms with Crippen molar-refractivity contribution < 1.29 is 9.52 Å². The molecule has 0 fully saturated rings. The summed E-state index contributed by atoms with van der Waals surface area (Å²) in [5.41, 5.74) is 2.92. The van der Waals surface area contributed by atoms with Crippen molar-refractivity contribution in [1.82, 2.24) is 4.98 Å². The van der Waals surface area contributed by atoms with E-state index >= 15 is 0 Å². The van der Waals surface area contributed by atoms with E-state index in [-0.39, 0.29) is 11.2 Å². The molecule has 2 aromatic heterocycles. The van der Waals surface area contributed by atoms with Gasteiger partial charge in [0, 0.05) is 6.07 Å². The van der Waals surface area contributed by atoms with Crippen molar-refractivity contribution in [2.24, 2.45) is 0 Å². The molecule has 4 heteroatoms. The molecule has 0 aliphatic rings. The van der Waals surface area contributed by atoms with Crippen LogP contribution < -0.4 is 5.43 Å². The molecule has 0 radical (unpaired) electrons. The van der Waals surface area contributed by atoms with Crippen LogP contribution in [0.5, 0.6) is 5.75 Å². The quantitative estimate of drug-likeness (QED) is 0.735. The second-order valence-corrected chi connectivity index (χ2v) is 4.83. The van der Waals surface area contributed by atoms with E-state index in [1.165, 1.54) is 18.3 Å². The summed E-state index contributed by atoms with van der Waals surface area (Å²) in [5.74, 6) is 0.469. The average Bonchev–Trinajstić information content (AvgIpc) is 2.38. The maximum Gasteiger partial charge on any atom is 0.193 e. The van der Waals surface area contributed by atoms with E-state index in [1.54, 1.807) is 6.07 Å². The van der Waals surface area contributed by atoms with Crippen LogP contribution in [0.2, 0.25) is 0 Å². The molecule has 0 unspecified atom stereocenters. The highest BCUT2D eigenvalue weighted by molar-refractivity contribution is 5.82. The Bertz CT molecular complexity index is 848. The van der Waals surface area contributed by atoms with Crippen LogP contribution in [0.15, 0.2) is 45.7 Å². The van der Waals surface area contributed by atoms with Crippen LogP contribution in [-0.2, 0) is 0 Å². The third kappa shape index (κ3) is 2.05. The maximum absolute atomic E-state index is 12.2. The number of aromatic nitrogens is 1. The summed E-state index contributed by atoms with van der Waals surface area (Å²) in [4.78, 5) is 16.3. The molecule has 0 aliphatic heterocycles. The van der Waals surface area contributed by atoms with Crippen LogP contribution in [0.3, 0.4) is 0 Å². The fourth-order valence-electron chi connectivity index (χ4n) is 2.32. The minimum Gasteiger partial charge on any atom is -0.506 e. The van der Waals surface area contributed by atoms with Crippen LogP contribution in [0, 0.1) is 13.8 Å². The second-order valence-electron chi connectivity index (χ2n) is 4.83. The van der Waals surface area contributed by atoms with Gasteiger partial charge in [0.25, 0.3) is 0 Å². The summed E-state index contributed by atoms with van der Waals surface area (Å²) in [7, 11) is 0. The summed E-state index contributed by atoms with van der Waals surface area (Å²) in [5, 5.41) is 9.84. The zero-order chi connectivity index (χ0) is 14.3. The zero-order valence-corrected chi connectivity index (χ0v) is 11.2. The van der Waals surface area contributed by atoms with Gasteiger partial charge in [0.05, 0.1) is 11.6 Å².